The smallest absolute Gasteiger partial charge is 0.183 e. The number of nitrogens with one attached hydrogen (secondary N) is 1. The second-order valence-electron chi connectivity index (χ2n) is 4.74. The fourth-order valence-corrected chi connectivity index (χ4v) is 2.45. The minimum absolute atomic E-state index is 0.614. The van der Waals surface area contributed by atoms with Gasteiger partial charge >= 0.3 is 0 Å². The predicted molar refractivity (Wildman–Crippen MR) is 82.0 cm³/mol. The minimum Gasteiger partial charge on any atom is -0.493 e. The number of nitrogens with zero attached hydrogens (tertiary/aromatic N) is 1. The van der Waals surface area contributed by atoms with Gasteiger partial charge in [0.15, 0.2) is 5.13 Å². The molecule has 102 valence electrons. The van der Waals surface area contributed by atoms with Crippen molar-refractivity contribution in [1.29, 1.82) is 0 Å². The topological polar surface area (TPSA) is 34.1 Å². The van der Waals surface area contributed by atoms with Crippen molar-refractivity contribution in [3.05, 3.63) is 29.6 Å². The van der Waals surface area contributed by atoms with Crippen LogP contribution in [0.15, 0.2) is 29.6 Å². The molecule has 0 spiro atoms. The fraction of sp³-hybridized carbons (Fsp3) is 0.400. The third kappa shape index (κ3) is 3.70. The van der Waals surface area contributed by atoms with Crippen molar-refractivity contribution in [2.45, 2.75) is 20.8 Å². The van der Waals surface area contributed by atoms with E-state index in [4.69, 9.17) is 4.74 Å². The Morgan fingerprint density at radius 1 is 1.32 bits per heavy atom. The Hall–Kier alpha value is -1.55. The van der Waals surface area contributed by atoms with Gasteiger partial charge in [-0.2, -0.15) is 0 Å². The molecule has 0 unspecified atom stereocenters. The van der Waals surface area contributed by atoms with Gasteiger partial charge in [-0.1, -0.05) is 26.0 Å². The van der Waals surface area contributed by atoms with Crippen molar-refractivity contribution < 1.29 is 4.74 Å². The van der Waals surface area contributed by atoms with Crippen molar-refractivity contribution in [1.82, 2.24) is 4.98 Å². The van der Waals surface area contributed by atoms with Gasteiger partial charge in [0.2, 0.25) is 0 Å². The molecule has 3 nitrogen and oxygen atoms in total. The van der Waals surface area contributed by atoms with Gasteiger partial charge in [-0.25, -0.2) is 4.98 Å². The van der Waals surface area contributed by atoms with Crippen molar-refractivity contribution in [3.8, 4) is 17.0 Å². The van der Waals surface area contributed by atoms with Crippen LogP contribution in [0.25, 0.3) is 11.3 Å². The number of benzene rings is 1. The molecule has 2 aromatic rings. The second kappa shape index (κ2) is 6.57. The summed E-state index contributed by atoms with van der Waals surface area (Å²) in [7, 11) is 0. The van der Waals surface area contributed by atoms with Crippen LogP contribution in [-0.2, 0) is 0 Å². The largest absolute Gasteiger partial charge is 0.493 e. The molecule has 0 aliphatic rings. The van der Waals surface area contributed by atoms with E-state index >= 15 is 0 Å². The van der Waals surface area contributed by atoms with Crippen LogP contribution in [-0.4, -0.2) is 18.1 Å². The van der Waals surface area contributed by atoms with Crippen LogP contribution in [0.5, 0.6) is 5.75 Å². The molecule has 1 N–H and O–H groups in total. The molecule has 1 heterocycles. The van der Waals surface area contributed by atoms with E-state index in [2.05, 4.69) is 29.5 Å². The van der Waals surface area contributed by atoms with Crippen LogP contribution in [0, 0.1) is 5.92 Å². The molecule has 19 heavy (non-hydrogen) atoms. The van der Waals surface area contributed by atoms with Crippen LogP contribution < -0.4 is 10.1 Å². The van der Waals surface area contributed by atoms with Crippen LogP contribution >= 0.6 is 11.3 Å². The van der Waals surface area contributed by atoms with E-state index in [0.717, 1.165) is 28.7 Å². The first-order valence-corrected chi connectivity index (χ1v) is 7.50. The van der Waals surface area contributed by atoms with E-state index in [1.54, 1.807) is 11.3 Å². The molecule has 2 rings (SSSR count). The van der Waals surface area contributed by atoms with E-state index < -0.39 is 0 Å². The normalized spacial score (nSPS) is 10.7. The van der Waals surface area contributed by atoms with Crippen LogP contribution in [0.1, 0.15) is 20.8 Å². The van der Waals surface area contributed by atoms with Gasteiger partial charge in [0, 0.05) is 17.5 Å². The zero-order valence-electron chi connectivity index (χ0n) is 11.6. The maximum absolute atomic E-state index is 5.64. The molecule has 1 aromatic carbocycles. The lowest BCUT2D eigenvalue weighted by Gasteiger charge is -2.08. The summed E-state index contributed by atoms with van der Waals surface area (Å²) in [4.78, 5) is 4.62. The van der Waals surface area contributed by atoms with Crippen molar-refractivity contribution in [2.24, 2.45) is 5.92 Å². The lowest BCUT2D eigenvalue weighted by Crippen LogP contribution is -2.07. The van der Waals surface area contributed by atoms with E-state index in [-0.39, 0.29) is 0 Å². The lowest BCUT2D eigenvalue weighted by molar-refractivity contribution is 0.341. The molecule has 0 saturated heterocycles. The van der Waals surface area contributed by atoms with Gasteiger partial charge in [0.25, 0.3) is 0 Å². The van der Waals surface area contributed by atoms with Gasteiger partial charge in [-0.15, -0.1) is 11.3 Å². The predicted octanol–water partition coefficient (Wildman–Crippen LogP) is 4.28. The van der Waals surface area contributed by atoms with Crippen LogP contribution in [0.2, 0.25) is 0 Å². The molecule has 0 aliphatic heterocycles. The molecule has 0 atom stereocenters. The average molecular weight is 276 g/mol. The summed E-state index contributed by atoms with van der Waals surface area (Å²) in [6.07, 6.45) is 0. The summed E-state index contributed by atoms with van der Waals surface area (Å²) >= 11 is 1.64. The first kappa shape index (κ1) is 13.9. The van der Waals surface area contributed by atoms with E-state index in [9.17, 15) is 0 Å². The Morgan fingerprint density at radius 2 is 2.11 bits per heavy atom. The number of thiazole rings is 1. The van der Waals surface area contributed by atoms with Gasteiger partial charge < -0.3 is 10.1 Å². The SMILES string of the molecule is CCOc1ccccc1-c1csc(NCC(C)C)n1. The minimum atomic E-state index is 0.614. The summed E-state index contributed by atoms with van der Waals surface area (Å²) < 4.78 is 5.64. The van der Waals surface area contributed by atoms with E-state index in [1.165, 1.54) is 0 Å². The second-order valence-corrected chi connectivity index (χ2v) is 5.60. The molecular weight excluding hydrogens is 256 g/mol. The summed E-state index contributed by atoms with van der Waals surface area (Å²) in [6.45, 7) is 7.98. The Kier molecular flexibility index (Phi) is 4.80. The molecule has 0 aliphatic carbocycles. The molecule has 0 fully saturated rings. The number of ether oxygens (including phenoxy) is 1. The van der Waals surface area contributed by atoms with Gasteiger partial charge in [-0.05, 0) is 25.0 Å². The summed E-state index contributed by atoms with van der Waals surface area (Å²) in [6, 6.07) is 8.03. The van der Waals surface area contributed by atoms with Crippen LogP contribution in [0.4, 0.5) is 5.13 Å². The maximum atomic E-state index is 5.64. The van der Waals surface area contributed by atoms with Crippen molar-refractivity contribution >= 4 is 16.5 Å². The fourth-order valence-electron chi connectivity index (χ4n) is 1.73. The van der Waals surface area contributed by atoms with Gasteiger partial charge in [0.1, 0.15) is 5.75 Å². The third-order valence-corrected chi connectivity index (χ3v) is 3.43. The molecule has 1 aromatic heterocycles. The highest BCUT2D eigenvalue weighted by molar-refractivity contribution is 7.14. The molecule has 0 amide bonds. The van der Waals surface area contributed by atoms with Crippen molar-refractivity contribution in [2.75, 3.05) is 18.5 Å². The molecular formula is C15H20N2OS. The first-order chi connectivity index (χ1) is 9.20. The number of hydrogen-bond acceptors (Lipinski definition) is 4. The standard InChI is InChI=1S/C15H20N2OS/c1-4-18-14-8-6-5-7-12(14)13-10-19-15(17-13)16-9-11(2)3/h5-8,10-11H,4,9H2,1-3H3,(H,16,17). The number of anilines is 1. The number of aromatic nitrogens is 1. The summed E-state index contributed by atoms with van der Waals surface area (Å²) in [5.74, 6) is 1.51. The zero-order valence-corrected chi connectivity index (χ0v) is 12.5. The molecule has 0 radical (unpaired) electrons. The summed E-state index contributed by atoms with van der Waals surface area (Å²) in [5, 5.41) is 6.39. The molecule has 4 heteroatoms. The Morgan fingerprint density at radius 3 is 2.84 bits per heavy atom. The zero-order chi connectivity index (χ0) is 13.7. The third-order valence-electron chi connectivity index (χ3n) is 2.63. The van der Waals surface area contributed by atoms with E-state index in [0.29, 0.717) is 12.5 Å². The highest BCUT2D eigenvalue weighted by Crippen LogP contribution is 2.32. The lowest BCUT2D eigenvalue weighted by atomic mass is 10.1. The monoisotopic (exact) mass is 276 g/mol. The summed E-state index contributed by atoms with van der Waals surface area (Å²) in [5.41, 5.74) is 2.03. The Bertz CT molecular complexity index is 522. The van der Waals surface area contributed by atoms with Crippen LogP contribution in [0.3, 0.4) is 0 Å². The van der Waals surface area contributed by atoms with E-state index in [1.807, 2.05) is 31.2 Å². The number of hydrogen-bond donors (Lipinski definition) is 1. The number of para-hydroxylation sites is 1. The van der Waals surface area contributed by atoms with Gasteiger partial charge in [-0.3, -0.25) is 0 Å². The molecule has 0 bridgehead atoms. The quantitative estimate of drug-likeness (QED) is 0.855. The average Bonchev–Trinajstić information content (AvgIpc) is 2.86. The Balaban J connectivity index is 2.18. The van der Waals surface area contributed by atoms with Gasteiger partial charge in [0.05, 0.1) is 12.3 Å². The maximum Gasteiger partial charge on any atom is 0.183 e. The first-order valence-electron chi connectivity index (χ1n) is 6.62. The number of rotatable bonds is 6. The highest BCUT2D eigenvalue weighted by atomic mass is 32.1. The van der Waals surface area contributed by atoms with Crippen molar-refractivity contribution in [3.63, 3.8) is 0 Å². The highest BCUT2D eigenvalue weighted by Gasteiger charge is 2.09. The molecule has 0 saturated carbocycles. The Labute approximate surface area is 118 Å².